The fourth-order valence-electron chi connectivity index (χ4n) is 2.78. The molecule has 0 amide bonds. The molecule has 3 rings (SSSR count). The van der Waals surface area contributed by atoms with E-state index in [-0.39, 0.29) is 0 Å². The number of hydrogen-bond acceptors (Lipinski definition) is 6. The maximum absolute atomic E-state index is 5.99. The second-order valence-electron chi connectivity index (χ2n) is 6.32. The van der Waals surface area contributed by atoms with Crippen molar-refractivity contribution in [3.8, 4) is 17.2 Å². The third-order valence-corrected chi connectivity index (χ3v) is 5.31. The lowest BCUT2D eigenvalue weighted by Gasteiger charge is -2.11. The molecule has 0 aliphatic carbocycles. The third kappa shape index (κ3) is 4.78. The predicted octanol–water partition coefficient (Wildman–Crippen LogP) is 4.19. The lowest BCUT2D eigenvalue weighted by atomic mass is 10.1. The van der Waals surface area contributed by atoms with Crippen LogP contribution in [0.25, 0.3) is 0 Å². The second kappa shape index (κ2) is 9.50. The van der Waals surface area contributed by atoms with Gasteiger partial charge in [-0.2, -0.15) is 0 Å². The topological polar surface area (TPSA) is 58.4 Å². The van der Waals surface area contributed by atoms with Gasteiger partial charge < -0.3 is 18.8 Å². The molecule has 0 fully saturated rings. The van der Waals surface area contributed by atoms with Gasteiger partial charge in [0.2, 0.25) is 0 Å². The van der Waals surface area contributed by atoms with E-state index in [4.69, 9.17) is 14.2 Å². The van der Waals surface area contributed by atoms with Crippen LogP contribution < -0.4 is 14.2 Å². The summed E-state index contributed by atoms with van der Waals surface area (Å²) >= 11 is 1.60. The number of benzene rings is 2. The molecule has 0 bridgehead atoms. The van der Waals surface area contributed by atoms with Crippen molar-refractivity contribution in [2.45, 2.75) is 25.6 Å². The summed E-state index contributed by atoms with van der Waals surface area (Å²) in [6.45, 7) is 5.02. The molecular formula is C21H25N3O3S. The summed E-state index contributed by atoms with van der Waals surface area (Å²) in [4.78, 5) is 0. The Labute approximate surface area is 169 Å². The van der Waals surface area contributed by atoms with Crippen molar-refractivity contribution in [1.29, 1.82) is 0 Å². The van der Waals surface area contributed by atoms with E-state index in [1.807, 2.05) is 67.9 Å². The molecule has 3 aromatic rings. The highest BCUT2D eigenvalue weighted by molar-refractivity contribution is 7.99. The van der Waals surface area contributed by atoms with Crippen LogP contribution in [0.4, 0.5) is 0 Å². The van der Waals surface area contributed by atoms with Gasteiger partial charge in [0.1, 0.15) is 12.4 Å². The highest BCUT2D eigenvalue weighted by Crippen LogP contribution is 2.26. The number of rotatable bonds is 9. The maximum atomic E-state index is 5.99. The van der Waals surface area contributed by atoms with E-state index in [9.17, 15) is 0 Å². The fourth-order valence-corrected chi connectivity index (χ4v) is 3.53. The van der Waals surface area contributed by atoms with Gasteiger partial charge in [-0.3, -0.25) is 0 Å². The minimum absolute atomic E-state index is 0.382. The van der Waals surface area contributed by atoms with E-state index < -0.39 is 0 Å². The molecule has 28 heavy (non-hydrogen) atoms. The molecular weight excluding hydrogens is 374 g/mol. The lowest BCUT2D eigenvalue weighted by Crippen LogP contribution is -2.06. The molecule has 0 aliphatic rings. The highest BCUT2D eigenvalue weighted by Gasteiger charge is 2.12. The number of hydrogen-bond donors (Lipinski definition) is 0. The monoisotopic (exact) mass is 399 g/mol. The predicted molar refractivity (Wildman–Crippen MR) is 110 cm³/mol. The van der Waals surface area contributed by atoms with Gasteiger partial charge >= 0.3 is 0 Å². The lowest BCUT2D eigenvalue weighted by molar-refractivity contribution is 0.286. The Balaban J connectivity index is 1.52. The van der Waals surface area contributed by atoms with Crippen molar-refractivity contribution in [3.05, 3.63) is 59.4 Å². The van der Waals surface area contributed by atoms with Gasteiger partial charge in [-0.15, -0.1) is 10.2 Å². The SMILES string of the molecule is COc1ccccc1OCCSc1nnc(COc2c(C)cccc2C)n1C. The van der Waals surface area contributed by atoms with Crippen LogP contribution in [0.5, 0.6) is 17.2 Å². The summed E-state index contributed by atoms with van der Waals surface area (Å²) in [5.74, 6) is 3.92. The molecule has 6 nitrogen and oxygen atoms in total. The van der Waals surface area contributed by atoms with Crippen LogP contribution in [-0.4, -0.2) is 34.2 Å². The first-order valence-electron chi connectivity index (χ1n) is 9.06. The van der Waals surface area contributed by atoms with Crippen molar-refractivity contribution >= 4 is 11.8 Å². The van der Waals surface area contributed by atoms with E-state index in [1.165, 1.54) is 0 Å². The third-order valence-electron chi connectivity index (χ3n) is 4.32. The summed E-state index contributed by atoms with van der Waals surface area (Å²) in [5, 5.41) is 9.36. The number of methoxy groups -OCH3 is 1. The number of ether oxygens (including phenoxy) is 3. The van der Waals surface area contributed by atoms with Crippen LogP contribution >= 0.6 is 11.8 Å². The maximum Gasteiger partial charge on any atom is 0.191 e. The average molecular weight is 400 g/mol. The molecule has 0 radical (unpaired) electrons. The van der Waals surface area contributed by atoms with Crippen LogP contribution in [0.3, 0.4) is 0 Å². The van der Waals surface area contributed by atoms with Gasteiger partial charge in [-0.1, -0.05) is 42.1 Å². The highest BCUT2D eigenvalue weighted by atomic mass is 32.2. The zero-order valence-electron chi connectivity index (χ0n) is 16.6. The van der Waals surface area contributed by atoms with Gasteiger partial charge in [-0.25, -0.2) is 0 Å². The summed E-state index contributed by atoms with van der Waals surface area (Å²) in [6, 6.07) is 13.7. The Bertz CT molecular complexity index is 907. The van der Waals surface area contributed by atoms with Gasteiger partial charge in [0, 0.05) is 12.8 Å². The normalized spacial score (nSPS) is 10.7. The molecule has 0 saturated carbocycles. The molecule has 148 valence electrons. The van der Waals surface area contributed by atoms with E-state index in [0.717, 1.165) is 45.1 Å². The molecule has 2 aromatic carbocycles. The Morgan fingerprint density at radius 2 is 1.64 bits per heavy atom. The first-order chi connectivity index (χ1) is 13.6. The Hall–Kier alpha value is -2.67. The minimum atomic E-state index is 0.382. The number of aryl methyl sites for hydroxylation is 2. The Morgan fingerprint density at radius 3 is 2.36 bits per heavy atom. The zero-order valence-corrected chi connectivity index (χ0v) is 17.5. The van der Waals surface area contributed by atoms with Crippen LogP contribution in [0.1, 0.15) is 17.0 Å². The standard InChI is InChI=1S/C21H25N3O3S/c1-15-8-7-9-16(2)20(15)27-14-19-22-23-21(24(19)3)28-13-12-26-18-11-6-5-10-17(18)25-4/h5-11H,12-14H2,1-4H3. The summed E-state index contributed by atoms with van der Waals surface area (Å²) in [5.41, 5.74) is 2.23. The Kier molecular flexibility index (Phi) is 6.81. The summed E-state index contributed by atoms with van der Waals surface area (Å²) in [6.07, 6.45) is 0. The molecule has 0 N–H and O–H groups in total. The second-order valence-corrected chi connectivity index (χ2v) is 7.38. The van der Waals surface area contributed by atoms with E-state index in [1.54, 1.807) is 18.9 Å². The van der Waals surface area contributed by atoms with Gasteiger partial charge in [0.15, 0.2) is 22.5 Å². The molecule has 7 heteroatoms. The largest absolute Gasteiger partial charge is 0.493 e. The van der Waals surface area contributed by atoms with Crippen molar-refractivity contribution in [2.24, 2.45) is 7.05 Å². The van der Waals surface area contributed by atoms with Crippen molar-refractivity contribution in [3.63, 3.8) is 0 Å². The van der Waals surface area contributed by atoms with E-state index in [2.05, 4.69) is 10.2 Å². The molecule has 1 heterocycles. The summed E-state index contributed by atoms with van der Waals surface area (Å²) in [7, 11) is 3.59. The van der Waals surface area contributed by atoms with Crippen LogP contribution in [0.15, 0.2) is 47.6 Å². The zero-order chi connectivity index (χ0) is 19.9. The number of thioether (sulfide) groups is 1. The molecule has 1 aromatic heterocycles. The van der Waals surface area contributed by atoms with Gasteiger partial charge in [0.25, 0.3) is 0 Å². The van der Waals surface area contributed by atoms with Crippen molar-refractivity contribution < 1.29 is 14.2 Å². The first kappa shape index (κ1) is 20.1. The number of nitrogens with zero attached hydrogens (tertiary/aromatic N) is 3. The smallest absolute Gasteiger partial charge is 0.191 e. The first-order valence-corrected chi connectivity index (χ1v) is 10.0. The molecule has 0 saturated heterocycles. The minimum Gasteiger partial charge on any atom is -0.493 e. The Morgan fingerprint density at radius 1 is 0.929 bits per heavy atom. The van der Waals surface area contributed by atoms with Gasteiger partial charge in [-0.05, 0) is 37.1 Å². The van der Waals surface area contributed by atoms with Crippen LogP contribution in [0.2, 0.25) is 0 Å². The molecule has 0 spiro atoms. The van der Waals surface area contributed by atoms with Crippen LogP contribution in [0, 0.1) is 13.8 Å². The average Bonchev–Trinajstić information content (AvgIpc) is 3.05. The van der Waals surface area contributed by atoms with Crippen molar-refractivity contribution in [1.82, 2.24) is 14.8 Å². The quantitative estimate of drug-likeness (QED) is 0.397. The molecule has 0 aliphatic heterocycles. The fraction of sp³-hybridized carbons (Fsp3) is 0.333. The molecule has 0 atom stereocenters. The number of aromatic nitrogens is 3. The number of para-hydroxylation sites is 3. The van der Waals surface area contributed by atoms with E-state index in [0.29, 0.717) is 13.2 Å². The van der Waals surface area contributed by atoms with Crippen molar-refractivity contribution in [2.75, 3.05) is 19.5 Å². The molecule has 0 unspecified atom stereocenters. The van der Waals surface area contributed by atoms with Crippen LogP contribution in [-0.2, 0) is 13.7 Å². The summed E-state index contributed by atoms with van der Waals surface area (Å²) < 4.78 is 19.0. The van der Waals surface area contributed by atoms with E-state index >= 15 is 0 Å². The van der Waals surface area contributed by atoms with Gasteiger partial charge in [0.05, 0.1) is 13.7 Å².